The highest BCUT2D eigenvalue weighted by Crippen LogP contribution is 2.14. The highest BCUT2D eigenvalue weighted by Gasteiger charge is 2.12. The number of ether oxygens (including phenoxy) is 1. The highest BCUT2D eigenvalue weighted by molar-refractivity contribution is 14.0. The Labute approximate surface area is 156 Å². The molecule has 0 atom stereocenters. The largest absolute Gasteiger partial charge is 0.378 e. The summed E-state index contributed by atoms with van der Waals surface area (Å²) in [5.74, 6) is 0.621. The molecule has 1 fully saturated rings. The third kappa shape index (κ3) is 6.27. The highest BCUT2D eigenvalue weighted by atomic mass is 127. The van der Waals surface area contributed by atoms with Crippen molar-refractivity contribution in [3.63, 3.8) is 0 Å². The van der Waals surface area contributed by atoms with Crippen molar-refractivity contribution in [1.29, 1.82) is 0 Å². The Balaban J connectivity index is 0.00000264. The van der Waals surface area contributed by atoms with Crippen molar-refractivity contribution in [2.45, 2.75) is 33.0 Å². The van der Waals surface area contributed by atoms with Crippen LogP contribution in [-0.2, 0) is 17.8 Å². The van der Waals surface area contributed by atoms with Crippen molar-refractivity contribution in [3.05, 3.63) is 35.4 Å². The number of guanidine groups is 1. The topological polar surface area (TPSA) is 54.1 Å². The SMILES string of the molecule is CC(C)N(C)Cc1ccccc1CN=C(N)N1CCOCC1.I. The third-order valence-electron chi connectivity index (χ3n) is 4.17. The number of nitrogens with two attached hydrogens (primary N) is 1. The van der Waals surface area contributed by atoms with Gasteiger partial charge < -0.3 is 15.4 Å². The zero-order valence-corrected chi connectivity index (χ0v) is 16.7. The lowest BCUT2D eigenvalue weighted by atomic mass is 10.1. The van der Waals surface area contributed by atoms with E-state index < -0.39 is 0 Å². The Hall–Kier alpha value is -0.860. The van der Waals surface area contributed by atoms with Crippen LogP contribution >= 0.6 is 24.0 Å². The summed E-state index contributed by atoms with van der Waals surface area (Å²) in [7, 11) is 2.15. The molecule has 0 unspecified atom stereocenters. The Morgan fingerprint density at radius 3 is 2.48 bits per heavy atom. The van der Waals surface area contributed by atoms with E-state index in [4.69, 9.17) is 10.5 Å². The molecule has 1 aromatic carbocycles. The number of aliphatic imine (C=N–C) groups is 1. The monoisotopic (exact) mass is 432 g/mol. The molecule has 0 aliphatic carbocycles. The predicted octanol–water partition coefficient (Wildman–Crippen LogP) is 2.29. The van der Waals surface area contributed by atoms with E-state index in [-0.39, 0.29) is 24.0 Å². The number of halogens is 1. The first-order valence-corrected chi connectivity index (χ1v) is 7.97. The first kappa shape index (κ1) is 20.2. The number of hydrogen-bond donors (Lipinski definition) is 1. The van der Waals surface area contributed by atoms with Crippen LogP contribution in [0.4, 0.5) is 0 Å². The maximum atomic E-state index is 6.11. The summed E-state index contributed by atoms with van der Waals surface area (Å²) in [5, 5.41) is 0. The fourth-order valence-corrected chi connectivity index (χ4v) is 2.38. The summed E-state index contributed by atoms with van der Waals surface area (Å²) in [6, 6.07) is 8.99. The summed E-state index contributed by atoms with van der Waals surface area (Å²) in [4.78, 5) is 8.99. The van der Waals surface area contributed by atoms with Crippen LogP contribution in [0.15, 0.2) is 29.3 Å². The van der Waals surface area contributed by atoms with Gasteiger partial charge in [0.15, 0.2) is 5.96 Å². The second-order valence-corrected chi connectivity index (χ2v) is 6.05. The lowest BCUT2D eigenvalue weighted by Crippen LogP contribution is -2.44. The van der Waals surface area contributed by atoms with Gasteiger partial charge in [-0.2, -0.15) is 0 Å². The van der Waals surface area contributed by atoms with Crippen LogP contribution < -0.4 is 5.73 Å². The molecule has 0 radical (unpaired) electrons. The maximum Gasteiger partial charge on any atom is 0.191 e. The second kappa shape index (κ2) is 10.1. The molecule has 0 amide bonds. The molecule has 2 rings (SSSR count). The number of nitrogens with zero attached hydrogens (tertiary/aromatic N) is 3. The number of benzene rings is 1. The van der Waals surface area contributed by atoms with Crippen molar-refractivity contribution >= 4 is 29.9 Å². The quantitative estimate of drug-likeness (QED) is 0.441. The van der Waals surface area contributed by atoms with Gasteiger partial charge in [-0.25, -0.2) is 4.99 Å². The molecule has 0 spiro atoms. The van der Waals surface area contributed by atoms with Gasteiger partial charge in [-0.15, -0.1) is 24.0 Å². The van der Waals surface area contributed by atoms with Gasteiger partial charge in [0.2, 0.25) is 0 Å². The van der Waals surface area contributed by atoms with E-state index in [9.17, 15) is 0 Å². The Morgan fingerprint density at radius 2 is 1.87 bits per heavy atom. The van der Waals surface area contributed by atoms with Crippen molar-refractivity contribution in [3.8, 4) is 0 Å². The molecular weight excluding hydrogens is 403 g/mol. The molecule has 6 heteroatoms. The molecule has 1 saturated heterocycles. The van der Waals surface area contributed by atoms with Crippen molar-refractivity contribution < 1.29 is 4.74 Å². The van der Waals surface area contributed by atoms with E-state index in [1.807, 2.05) is 0 Å². The number of rotatable bonds is 5. The molecule has 2 N–H and O–H groups in total. The molecule has 1 aliphatic rings. The van der Waals surface area contributed by atoms with Gasteiger partial charge in [0, 0.05) is 25.7 Å². The van der Waals surface area contributed by atoms with Crippen LogP contribution in [0.25, 0.3) is 0 Å². The predicted molar refractivity (Wildman–Crippen MR) is 106 cm³/mol. The minimum absolute atomic E-state index is 0. The van der Waals surface area contributed by atoms with Crippen LogP contribution in [0, 0.1) is 0 Å². The molecule has 5 nitrogen and oxygen atoms in total. The Kier molecular flexibility index (Phi) is 8.86. The van der Waals surface area contributed by atoms with E-state index in [2.05, 4.69) is 60.0 Å². The first-order valence-electron chi connectivity index (χ1n) is 7.97. The summed E-state index contributed by atoms with van der Waals surface area (Å²) in [5.41, 5.74) is 8.66. The lowest BCUT2D eigenvalue weighted by Gasteiger charge is -2.27. The summed E-state index contributed by atoms with van der Waals surface area (Å²) in [6.45, 7) is 9.08. The number of hydrogen-bond acceptors (Lipinski definition) is 3. The standard InChI is InChI=1S/C17H28N4O.HI/c1-14(2)20(3)13-16-7-5-4-6-15(16)12-19-17(18)21-8-10-22-11-9-21;/h4-7,14H,8-13H2,1-3H3,(H2,18,19);1H. The van der Waals surface area contributed by atoms with Gasteiger partial charge in [-0.05, 0) is 32.0 Å². The van der Waals surface area contributed by atoms with Gasteiger partial charge in [0.1, 0.15) is 0 Å². The van der Waals surface area contributed by atoms with Crippen molar-refractivity contribution in [2.24, 2.45) is 10.7 Å². The van der Waals surface area contributed by atoms with E-state index in [0.29, 0.717) is 18.5 Å². The Bertz CT molecular complexity index is 501. The average molecular weight is 432 g/mol. The zero-order valence-electron chi connectivity index (χ0n) is 14.4. The molecule has 1 aliphatic heterocycles. The summed E-state index contributed by atoms with van der Waals surface area (Å²) in [6.07, 6.45) is 0. The second-order valence-electron chi connectivity index (χ2n) is 6.05. The van der Waals surface area contributed by atoms with Crippen molar-refractivity contribution in [1.82, 2.24) is 9.80 Å². The van der Waals surface area contributed by atoms with Crippen LogP contribution in [0.5, 0.6) is 0 Å². The van der Waals surface area contributed by atoms with Crippen LogP contribution in [-0.4, -0.2) is 55.2 Å². The molecule has 0 aromatic heterocycles. The minimum atomic E-state index is 0. The third-order valence-corrected chi connectivity index (χ3v) is 4.17. The van der Waals surface area contributed by atoms with Crippen molar-refractivity contribution in [2.75, 3.05) is 33.4 Å². The fraction of sp³-hybridized carbons (Fsp3) is 0.588. The molecule has 23 heavy (non-hydrogen) atoms. The van der Waals surface area contributed by atoms with Gasteiger partial charge in [0.25, 0.3) is 0 Å². The van der Waals surface area contributed by atoms with Gasteiger partial charge in [-0.1, -0.05) is 24.3 Å². The lowest BCUT2D eigenvalue weighted by molar-refractivity contribution is 0.0674. The zero-order chi connectivity index (χ0) is 15.9. The van der Waals surface area contributed by atoms with E-state index in [0.717, 1.165) is 32.8 Å². The Morgan fingerprint density at radius 1 is 1.26 bits per heavy atom. The minimum Gasteiger partial charge on any atom is -0.378 e. The van der Waals surface area contributed by atoms with E-state index in [1.165, 1.54) is 11.1 Å². The summed E-state index contributed by atoms with van der Waals surface area (Å²) < 4.78 is 5.34. The first-order chi connectivity index (χ1) is 10.6. The van der Waals surface area contributed by atoms with E-state index >= 15 is 0 Å². The van der Waals surface area contributed by atoms with E-state index in [1.54, 1.807) is 0 Å². The summed E-state index contributed by atoms with van der Waals surface area (Å²) >= 11 is 0. The van der Waals surface area contributed by atoms with Gasteiger partial charge in [-0.3, -0.25) is 4.90 Å². The van der Waals surface area contributed by atoms with Gasteiger partial charge in [0.05, 0.1) is 19.8 Å². The number of morpholine rings is 1. The normalized spacial score (nSPS) is 15.9. The van der Waals surface area contributed by atoms with Crippen LogP contribution in [0.1, 0.15) is 25.0 Å². The average Bonchev–Trinajstić information content (AvgIpc) is 2.54. The van der Waals surface area contributed by atoms with Gasteiger partial charge >= 0.3 is 0 Å². The molecule has 1 heterocycles. The maximum absolute atomic E-state index is 6.11. The smallest absolute Gasteiger partial charge is 0.191 e. The molecule has 1 aromatic rings. The molecule has 0 saturated carbocycles. The molecule has 0 bridgehead atoms. The van der Waals surface area contributed by atoms with Crippen LogP contribution in [0.3, 0.4) is 0 Å². The molecular formula is C17H29IN4O. The fourth-order valence-electron chi connectivity index (χ4n) is 2.38. The molecule has 130 valence electrons. The van der Waals surface area contributed by atoms with Crippen LogP contribution in [0.2, 0.25) is 0 Å².